The Morgan fingerprint density at radius 3 is 2.73 bits per heavy atom. The first-order chi connectivity index (χ1) is 12.4. The van der Waals surface area contributed by atoms with Crippen molar-refractivity contribution in [3.05, 3.63) is 52.8 Å². The van der Waals surface area contributed by atoms with Gasteiger partial charge in [0.05, 0.1) is 18.2 Å². The van der Waals surface area contributed by atoms with Gasteiger partial charge < -0.3 is 9.26 Å². The van der Waals surface area contributed by atoms with Gasteiger partial charge in [-0.3, -0.25) is 9.36 Å². The highest BCUT2D eigenvalue weighted by Gasteiger charge is 2.33. The molecule has 0 aromatic heterocycles. The first-order valence-corrected chi connectivity index (χ1v) is 10.2. The van der Waals surface area contributed by atoms with E-state index < -0.39 is 13.2 Å². The summed E-state index contributed by atoms with van der Waals surface area (Å²) in [7, 11) is -3.13. The van der Waals surface area contributed by atoms with Crippen LogP contribution in [0, 0.1) is 17.1 Å². The summed E-state index contributed by atoms with van der Waals surface area (Å²) >= 11 is 0. The maximum atomic E-state index is 13.6. The van der Waals surface area contributed by atoms with E-state index in [0.29, 0.717) is 35.0 Å². The number of fused-ring (bicyclic) bond motifs is 1. The highest BCUT2D eigenvalue weighted by Crippen LogP contribution is 2.46. The van der Waals surface area contributed by atoms with Crippen LogP contribution in [0.1, 0.15) is 34.8 Å². The zero-order valence-electron chi connectivity index (χ0n) is 14.4. The molecule has 1 aliphatic rings. The molecule has 26 heavy (non-hydrogen) atoms. The van der Waals surface area contributed by atoms with E-state index in [0.717, 1.165) is 6.07 Å². The fourth-order valence-electron chi connectivity index (χ4n) is 3.10. The molecule has 0 heterocycles. The van der Waals surface area contributed by atoms with Crippen LogP contribution >= 0.6 is 7.37 Å². The minimum Gasteiger partial charge on any atom is -0.457 e. The van der Waals surface area contributed by atoms with Crippen LogP contribution in [0.5, 0.6) is 11.5 Å². The lowest BCUT2D eigenvalue weighted by Crippen LogP contribution is -2.16. The summed E-state index contributed by atoms with van der Waals surface area (Å²) in [6.45, 7) is 3.51. The van der Waals surface area contributed by atoms with Gasteiger partial charge in [0.2, 0.25) is 7.37 Å². The standard InChI is InChI=1S/C19H17FNO4P/c1-3-24-26(2,23)18-7-6-17(15-4-5-16(22)19(15)18)25-14-9-12(11-21)8-13(20)10-14/h6-10H,3-5H2,1-2H3. The molecule has 7 heteroatoms. The second kappa shape index (κ2) is 7.03. The van der Waals surface area contributed by atoms with Gasteiger partial charge >= 0.3 is 0 Å². The fourth-order valence-corrected chi connectivity index (χ4v) is 4.75. The number of hydrogen-bond donors (Lipinski definition) is 0. The monoisotopic (exact) mass is 373 g/mol. The quantitative estimate of drug-likeness (QED) is 0.735. The molecule has 2 aromatic rings. The van der Waals surface area contributed by atoms with Crippen molar-refractivity contribution in [2.45, 2.75) is 19.8 Å². The molecule has 0 radical (unpaired) electrons. The van der Waals surface area contributed by atoms with E-state index in [9.17, 15) is 13.8 Å². The maximum absolute atomic E-state index is 13.6. The lowest BCUT2D eigenvalue weighted by Gasteiger charge is -2.18. The molecule has 5 nitrogen and oxygen atoms in total. The van der Waals surface area contributed by atoms with Gasteiger partial charge in [0, 0.05) is 35.6 Å². The Morgan fingerprint density at radius 2 is 2.04 bits per heavy atom. The first-order valence-electron chi connectivity index (χ1n) is 8.16. The molecule has 0 aliphatic heterocycles. The molecule has 2 aromatic carbocycles. The van der Waals surface area contributed by atoms with Crippen molar-refractivity contribution in [1.82, 2.24) is 0 Å². The van der Waals surface area contributed by atoms with Gasteiger partial charge in [-0.25, -0.2) is 4.39 Å². The van der Waals surface area contributed by atoms with Crippen LogP contribution in [0.2, 0.25) is 0 Å². The lowest BCUT2D eigenvalue weighted by molar-refractivity contribution is 0.0995. The summed E-state index contributed by atoms with van der Waals surface area (Å²) < 4.78 is 37.6. The maximum Gasteiger partial charge on any atom is 0.229 e. The Balaban J connectivity index is 2.06. The van der Waals surface area contributed by atoms with Crippen LogP contribution in [0.25, 0.3) is 0 Å². The van der Waals surface area contributed by atoms with E-state index in [1.165, 1.54) is 18.8 Å². The molecule has 0 fully saturated rings. The average molecular weight is 373 g/mol. The number of halogens is 1. The van der Waals surface area contributed by atoms with Gasteiger partial charge in [-0.05, 0) is 37.6 Å². The third kappa shape index (κ3) is 3.41. The van der Waals surface area contributed by atoms with E-state index in [1.54, 1.807) is 19.1 Å². The Labute approximate surface area is 150 Å². The second-order valence-electron chi connectivity index (χ2n) is 6.01. The molecule has 1 atom stereocenters. The predicted molar refractivity (Wildman–Crippen MR) is 95.1 cm³/mol. The normalized spacial score (nSPS) is 15.2. The highest BCUT2D eigenvalue weighted by molar-refractivity contribution is 7.66. The van der Waals surface area contributed by atoms with Crippen molar-refractivity contribution >= 4 is 18.5 Å². The molecule has 0 N–H and O–H groups in total. The molecule has 0 saturated heterocycles. The summed E-state index contributed by atoms with van der Waals surface area (Å²) in [5.74, 6) is -0.141. The molecule has 1 aliphatic carbocycles. The van der Waals surface area contributed by atoms with Gasteiger partial charge in [-0.15, -0.1) is 0 Å². The Morgan fingerprint density at radius 1 is 1.27 bits per heavy atom. The third-order valence-corrected chi connectivity index (χ3v) is 6.17. The van der Waals surface area contributed by atoms with Crippen molar-refractivity contribution < 1.29 is 23.0 Å². The summed E-state index contributed by atoms with van der Waals surface area (Å²) in [5, 5.41) is 9.35. The SMILES string of the molecule is CCOP(C)(=O)c1ccc(Oc2cc(F)cc(C#N)c2)c2c1C(=O)CC2. The van der Waals surface area contributed by atoms with Crippen molar-refractivity contribution in [2.75, 3.05) is 13.3 Å². The van der Waals surface area contributed by atoms with Gasteiger partial charge in [-0.2, -0.15) is 5.26 Å². The molecule has 0 spiro atoms. The Hall–Kier alpha value is -2.48. The summed E-state index contributed by atoms with van der Waals surface area (Å²) in [6.07, 6.45) is 0.741. The lowest BCUT2D eigenvalue weighted by atomic mass is 10.1. The minimum atomic E-state index is -3.13. The molecule has 3 rings (SSSR count). The summed E-state index contributed by atoms with van der Waals surface area (Å²) in [4.78, 5) is 12.4. The number of benzene rings is 2. The van der Waals surface area contributed by atoms with E-state index in [1.807, 2.05) is 6.07 Å². The molecule has 0 saturated carbocycles. The van der Waals surface area contributed by atoms with Crippen molar-refractivity contribution in [2.24, 2.45) is 0 Å². The van der Waals surface area contributed by atoms with E-state index in [2.05, 4.69) is 0 Å². The third-order valence-electron chi connectivity index (χ3n) is 4.17. The zero-order chi connectivity index (χ0) is 18.9. The first kappa shape index (κ1) is 18.3. The van der Waals surface area contributed by atoms with Gasteiger partial charge in [0.15, 0.2) is 5.78 Å². The van der Waals surface area contributed by atoms with Crippen LogP contribution in [-0.4, -0.2) is 19.1 Å². The summed E-state index contributed by atoms with van der Waals surface area (Å²) in [5.41, 5.74) is 1.15. The van der Waals surface area contributed by atoms with Crippen LogP contribution in [0.3, 0.4) is 0 Å². The molecule has 0 amide bonds. The molecule has 134 valence electrons. The van der Waals surface area contributed by atoms with E-state index in [4.69, 9.17) is 14.5 Å². The molecule has 0 bridgehead atoms. The number of Topliss-reactive ketones (excluding diaryl/α,β-unsaturated/α-hetero) is 1. The van der Waals surface area contributed by atoms with Crippen LogP contribution in [0.15, 0.2) is 30.3 Å². The topological polar surface area (TPSA) is 76.4 Å². The number of nitriles is 1. The van der Waals surface area contributed by atoms with Crippen molar-refractivity contribution in [3.8, 4) is 17.6 Å². The number of nitrogens with zero attached hydrogens (tertiary/aromatic N) is 1. The van der Waals surface area contributed by atoms with Crippen LogP contribution in [0.4, 0.5) is 4.39 Å². The van der Waals surface area contributed by atoms with E-state index >= 15 is 0 Å². The van der Waals surface area contributed by atoms with E-state index in [-0.39, 0.29) is 23.7 Å². The van der Waals surface area contributed by atoms with Crippen LogP contribution < -0.4 is 10.0 Å². The Bertz CT molecular complexity index is 980. The molecule has 1 unspecified atom stereocenters. The van der Waals surface area contributed by atoms with Crippen LogP contribution in [-0.2, 0) is 15.5 Å². The molecular formula is C19H17FNO4P. The fraction of sp³-hybridized carbons (Fsp3) is 0.263. The van der Waals surface area contributed by atoms with Crippen molar-refractivity contribution in [3.63, 3.8) is 0 Å². The second-order valence-corrected chi connectivity index (χ2v) is 8.44. The van der Waals surface area contributed by atoms with Crippen molar-refractivity contribution in [1.29, 1.82) is 5.26 Å². The smallest absolute Gasteiger partial charge is 0.229 e. The predicted octanol–water partition coefficient (Wildman–Crippen LogP) is 4.19. The largest absolute Gasteiger partial charge is 0.457 e. The number of ketones is 1. The number of carbonyl (C=O) groups is 1. The number of hydrogen-bond acceptors (Lipinski definition) is 5. The minimum absolute atomic E-state index is 0.112. The number of ether oxygens (including phenoxy) is 1. The van der Waals surface area contributed by atoms with Gasteiger partial charge in [0.1, 0.15) is 17.3 Å². The van der Waals surface area contributed by atoms with Gasteiger partial charge in [0.25, 0.3) is 0 Å². The molecular weight excluding hydrogens is 356 g/mol. The van der Waals surface area contributed by atoms with Gasteiger partial charge in [-0.1, -0.05) is 0 Å². The number of rotatable bonds is 5. The Kier molecular flexibility index (Phi) is 4.95. The summed E-state index contributed by atoms with van der Waals surface area (Å²) in [6, 6.07) is 8.75. The highest BCUT2D eigenvalue weighted by atomic mass is 31.2. The average Bonchev–Trinajstić information content (AvgIpc) is 2.97. The number of carbonyl (C=O) groups excluding carboxylic acids is 1. The zero-order valence-corrected chi connectivity index (χ0v) is 15.3.